The predicted molar refractivity (Wildman–Crippen MR) is 65.1 cm³/mol. The molecule has 1 fully saturated rings. The van der Waals surface area contributed by atoms with Crippen molar-refractivity contribution in [2.75, 3.05) is 7.11 Å². The molecule has 90 valence electrons. The monoisotopic (exact) mass is 213 g/mol. The van der Waals surface area contributed by atoms with Gasteiger partial charge in [-0.2, -0.15) is 0 Å². The smallest absolute Gasteiger partial charge is 0.0693 e. The number of methoxy groups -OCH3 is 1. The normalized spacial score (nSPS) is 24.8. The van der Waals surface area contributed by atoms with Crippen LogP contribution < -0.4 is 5.32 Å². The minimum atomic E-state index is 0.302. The molecule has 15 heavy (non-hydrogen) atoms. The lowest BCUT2D eigenvalue weighted by Gasteiger charge is -2.32. The Kier molecular flexibility index (Phi) is 5.62. The summed E-state index contributed by atoms with van der Waals surface area (Å²) in [6, 6.07) is 1.09. The van der Waals surface area contributed by atoms with Gasteiger partial charge in [0.1, 0.15) is 0 Å². The molecule has 2 unspecified atom stereocenters. The van der Waals surface area contributed by atoms with Gasteiger partial charge in [-0.05, 0) is 39.5 Å². The molecule has 0 spiro atoms. The van der Waals surface area contributed by atoms with E-state index in [9.17, 15) is 0 Å². The molecule has 0 bridgehead atoms. The summed E-state index contributed by atoms with van der Waals surface area (Å²) in [5, 5.41) is 3.68. The molecule has 0 aliphatic heterocycles. The van der Waals surface area contributed by atoms with Gasteiger partial charge in [-0.15, -0.1) is 0 Å². The molecule has 0 aromatic carbocycles. The van der Waals surface area contributed by atoms with Gasteiger partial charge in [0.25, 0.3) is 0 Å². The number of nitrogens with one attached hydrogen (secondary N) is 1. The van der Waals surface area contributed by atoms with E-state index in [1.165, 1.54) is 32.1 Å². The van der Waals surface area contributed by atoms with Gasteiger partial charge < -0.3 is 10.1 Å². The van der Waals surface area contributed by atoms with E-state index < -0.39 is 0 Å². The third-order valence-electron chi connectivity index (χ3n) is 3.96. The Bertz CT molecular complexity index is 166. The number of hydrogen-bond donors (Lipinski definition) is 1. The quantitative estimate of drug-likeness (QED) is 0.758. The Morgan fingerprint density at radius 1 is 1.07 bits per heavy atom. The summed E-state index contributed by atoms with van der Waals surface area (Å²) in [6.07, 6.45) is 7.39. The molecule has 3 atom stereocenters. The molecule has 1 rings (SSSR count). The van der Waals surface area contributed by atoms with Gasteiger partial charge in [-0.1, -0.05) is 19.3 Å². The largest absolute Gasteiger partial charge is 0.380 e. The van der Waals surface area contributed by atoms with Gasteiger partial charge in [0.15, 0.2) is 0 Å². The summed E-state index contributed by atoms with van der Waals surface area (Å²) < 4.78 is 5.34. The van der Waals surface area contributed by atoms with Crippen LogP contribution >= 0.6 is 0 Å². The zero-order valence-electron chi connectivity index (χ0n) is 10.8. The highest BCUT2D eigenvalue weighted by Crippen LogP contribution is 2.26. The van der Waals surface area contributed by atoms with Crippen LogP contribution in [0.15, 0.2) is 0 Å². The van der Waals surface area contributed by atoms with Crippen molar-refractivity contribution >= 4 is 0 Å². The molecule has 1 saturated carbocycles. The van der Waals surface area contributed by atoms with Gasteiger partial charge in [0, 0.05) is 19.2 Å². The Labute approximate surface area is 94.8 Å². The lowest BCUT2D eigenvalue weighted by Crippen LogP contribution is -2.45. The fourth-order valence-corrected chi connectivity index (χ4v) is 2.52. The summed E-state index contributed by atoms with van der Waals surface area (Å²) in [5.41, 5.74) is 0. The fourth-order valence-electron chi connectivity index (χ4n) is 2.52. The molecule has 2 nitrogen and oxygen atoms in total. The second-order valence-electron chi connectivity index (χ2n) is 5.08. The van der Waals surface area contributed by atoms with Gasteiger partial charge in [-0.25, -0.2) is 0 Å². The third kappa shape index (κ3) is 4.12. The highest BCUT2D eigenvalue weighted by Gasteiger charge is 2.22. The van der Waals surface area contributed by atoms with Gasteiger partial charge in [-0.3, -0.25) is 0 Å². The van der Waals surface area contributed by atoms with Crippen LogP contribution in [0.2, 0.25) is 0 Å². The molecule has 2 heteroatoms. The standard InChI is InChI=1S/C13H27NO/c1-10(12(3)15-4)14-11(2)13-8-6-5-7-9-13/h10-14H,5-9H2,1-4H3/t10?,11-,12?/m1/s1. The first-order valence-electron chi connectivity index (χ1n) is 6.44. The van der Waals surface area contributed by atoms with Crippen molar-refractivity contribution < 1.29 is 4.74 Å². The van der Waals surface area contributed by atoms with E-state index in [0.29, 0.717) is 18.2 Å². The first-order valence-corrected chi connectivity index (χ1v) is 6.44. The van der Waals surface area contributed by atoms with Crippen molar-refractivity contribution in [1.82, 2.24) is 5.32 Å². The van der Waals surface area contributed by atoms with Crippen LogP contribution in [-0.4, -0.2) is 25.3 Å². The van der Waals surface area contributed by atoms with Crippen LogP contribution in [0.5, 0.6) is 0 Å². The van der Waals surface area contributed by atoms with E-state index in [4.69, 9.17) is 4.74 Å². The Hall–Kier alpha value is -0.0800. The Morgan fingerprint density at radius 2 is 1.67 bits per heavy atom. The number of ether oxygens (including phenoxy) is 1. The molecule has 0 heterocycles. The molecular weight excluding hydrogens is 186 g/mol. The molecular formula is C13H27NO. The van der Waals surface area contributed by atoms with Crippen molar-refractivity contribution in [2.24, 2.45) is 5.92 Å². The van der Waals surface area contributed by atoms with Crippen molar-refractivity contribution in [3.63, 3.8) is 0 Å². The minimum absolute atomic E-state index is 0.302. The topological polar surface area (TPSA) is 21.3 Å². The zero-order chi connectivity index (χ0) is 11.3. The molecule has 0 amide bonds. The van der Waals surface area contributed by atoms with Crippen molar-refractivity contribution in [2.45, 2.75) is 71.1 Å². The van der Waals surface area contributed by atoms with E-state index in [1.54, 1.807) is 7.11 Å². The Morgan fingerprint density at radius 3 is 2.20 bits per heavy atom. The number of rotatable bonds is 5. The van der Waals surface area contributed by atoms with Crippen molar-refractivity contribution in [3.05, 3.63) is 0 Å². The fraction of sp³-hybridized carbons (Fsp3) is 1.00. The maximum Gasteiger partial charge on any atom is 0.0693 e. The second-order valence-corrected chi connectivity index (χ2v) is 5.08. The first-order chi connectivity index (χ1) is 7.15. The van der Waals surface area contributed by atoms with E-state index in [1.807, 2.05) is 0 Å². The number of hydrogen-bond acceptors (Lipinski definition) is 2. The summed E-state index contributed by atoms with van der Waals surface area (Å²) in [7, 11) is 1.79. The summed E-state index contributed by atoms with van der Waals surface area (Å²) >= 11 is 0. The molecule has 0 radical (unpaired) electrons. The highest BCUT2D eigenvalue weighted by atomic mass is 16.5. The van der Waals surface area contributed by atoms with E-state index in [2.05, 4.69) is 26.1 Å². The van der Waals surface area contributed by atoms with Crippen molar-refractivity contribution in [3.8, 4) is 0 Å². The molecule has 0 aromatic rings. The maximum absolute atomic E-state index is 5.34. The van der Waals surface area contributed by atoms with Gasteiger partial charge in [0.2, 0.25) is 0 Å². The van der Waals surface area contributed by atoms with Crippen LogP contribution in [-0.2, 0) is 4.74 Å². The lowest BCUT2D eigenvalue weighted by molar-refractivity contribution is 0.0800. The van der Waals surface area contributed by atoms with Crippen LogP contribution in [0.3, 0.4) is 0 Å². The predicted octanol–water partition coefficient (Wildman–Crippen LogP) is 2.97. The zero-order valence-corrected chi connectivity index (χ0v) is 10.8. The van der Waals surface area contributed by atoms with E-state index >= 15 is 0 Å². The first kappa shape index (κ1) is 13.0. The molecule has 0 saturated heterocycles. The average Bonchev–Trinajstić information content (AvgIpc) is 2.29. The Balaban J connectivity index is 2.29. The summed E-state index contributed by atoms with van der Waals surface area (Å²) in [4.78, 5) is 0. The van der Waals surface area contributed by atoms with Gasteiger partial charge >= 0.3 is 0 Å². The summed E-state index contributed by atoms with van der Waals surface area (Å²) in [5.74, 6) is 0.880. The van der Waals surface area contributed by atoms with Crippen LogP contribution in [0.4, 0.5) is 0 Å². The minimum Gasteiger partial charge on any atom is -0.380 e. The van der Waals surface area contributed by atoms with Crippen LogP contribution in [0.1, 0.15) is 52.9 Å². The highest BCUT2D eigenvalue weighted by molar-refractivity contribution is 4.80. The van der Waals surface area contributed by atoms with E-state index in [-0.39, 0.29) is 0 Å². The molecule has 1 aliphatic carbocycles. The van der Waals surface area contributed by atoms with Crippen LogP contribution in [0.25, 0.3) is 0 Å². The van der Waals surface area contributed by atoms with E-state index in [0.717, 1.165) is 5.92 Å². The molecule has 1 N–H and O–H groups in total. The molecule has 1 aliphatic rings. The van der Waals surface area contributed by atoms with Crippen LogP contribution in [0, 0.1) is 5.92 Å². The van der Waals surface area contributed by atoms with Gasteiger partial charge in [0.05, 0.1) is 6.10 Å². The average molecular weight is 213 g/mol. The summed E-state index contributed by atoms with van der Waals surface area (Å²) in [6.45, 7) is 6.67. The second kappa shape index (κ2) is 6.49. The third-order valence-corrected chi connectivity index (χ3v) is 3.96. The lowest BCUT2D eigenvalue weighted by atomic mass is 9.84. The maximum atomic E-state index is 5.34. The SMILES string of the molecule is COC(C)C(C)N[C@H](C)C1CCCCC1. The van der Waals surface area contributed by atoms with Crippen molar-refractivity contribution in [1.29, 1.82) is 0 Å². The molecule has 0 aromatic heterocycles.